The molecular weight excluding hydrogens is 406 g/mol. The van der Waals surface area contributed by atoms with Crippen LogP contribution >= 0.6 is 27.7 Å². The average Bonchev–Trinajstić information content (AvgIpc) is 3.01. The Balaban J connectivity index is 1.78. The third-order valence-corrected chi connectivity index (χ3v) is 5.30. The molecule has 0 fully saturated rings. The lowest BCUT2D eigenvalue weighted by Gasteiger charge is -2.09. The Bertz CT molecular complexity index is 903. The van der Waals surface area contributed by atoms with Crippen molar-refractivity contribution in [3.8, 4) is 11.5 Å². The Morgan fingerprint density at radius 3 is 2.76 bits per heavy atom. The number of methoxy groups -OCH3 is 2. The van der Waals surface area contributed by atoms with Gasteiger partial charge in [0.1, 0.15) is 11.5 Å². The van der Waals surface area contributed by atoms with Gasteiger partial charge in [0.2, 0.25) is 0 Å². The van der Waals surface area contributed by atoms with Crippen LogP contribution in [0, 0.1) is 6.92 Å². The number of nitrogens with zero attached hydrogens (tertiary/aromatic N) is 2. The number of ketones is 1. The van der Waals surface area contributed by atoms with E-state index in [1.807, 2.05) is 13.0 Å². The number of hydrogen-bond acceptors (Lipinski definition) is 6. The molecular formula is C17H16BrN3O3S. The normalized spacial score (nSPS) is 10.9. The van der Waals surface area contributed by atoms with E-state index >= 15 is 0 Å². The molecule has 0 saturated heterocycles. The van der Waals surface area contributed by atoms with E-state index in [9.17, 15) is 4.79 Å². The van der Waals surface area contributed by atoms with Crippen LogP contribution < -0.4 is 9.47 Å². The number of carbonyl (C=O) groups is 1. The summed E-state index contributed by atoms with van der Waals surface area (Å²) in [6.45, 7) is 1.91. The van der Waals surface area contributed by atoms with E-state index in [2.05, 4.69) is 30.9 Å². The smallest absolute Gasteiger partial charge is 0.178 e. The lowest BCUT2D eigenvalue weighted by molar-refractivity contribution is 0.101. The monoisotopic (exact) mass is 421 g/mol. The summed E-state index contributed by atoms with van der Waals surface area (Å²) in [7, 11) is 3.10. The number of fused-ring (bicyclic) bond motifs is 1. The third kappa shape index (κ3) is 3.80. The molecule has 0 aliphatic rings. The van der Waals surface area contributed by atoms with Crippen LogP contribution in [0.25, 0.3) is 11.2 Å². The number of rotatable bonds is 6. The number of aromatic nitrogens is 3. The molecule has 0 aliphatic heterocycles. The summed E-state index contributed by atoms with van der Waals surface area (Å²) in [4.78, 5) is 24.6. The maximum Gasteiger partial charge on any atom is 0.178 e. The molecule has 1 aromatic carbocycles. The van der Waals surface area contributed by atoms with Gasteiger partial charge in [-0.1, -0.05) is 11.8 Å². The van der Waals surface area contributed by atoms with Crippen molar-refractivity contribution < 1.29 is 14.3 Å². The molecule has 0 bridgehead atoms. The summed E-state index contributed by atoms with van der Waals surface area (Å²) in [5.74, 6) is 1.30. The maximum atomic E-state index is 12.6. The summed E-state index contributed by atoms with van der Waals surface area (Å²) in [5, 5.41) is 0.648. The van der Waals surface area contributed by atoms with Crippen molar-refractivity contribution in [3.05, 3.63) is 40.0 Å². The van der Waals surface area contributed by atoms with Gasteiger partial charge < -0.3 is 14.5 Å². The van der Waals surface area contributed by atoms with E-state index in [0.29, 0.717) is 27.9 Å². The van der Waals surface area contributed by atoms with E-state index in [0.717, 1.165) is 15.7 Å². The van der Waals surface area contributed by atoms with Gasteiger partial charge in [-0.25, -0.2) is 9.97 Å². The molecule has 0 saturated carbocycles. The average molecular weight is 422 g/mol. The first kappa shape index (κ1) is 17.8. The molecule has 3 aromatic rings. The van der Waals surface area contributed by atoms with E-state index in [1.54, 1.807) is 25.3 Å². The quantitative estimate of drug-likeness (QED) is 0.478. The molecule has 3 rings (SSSR count). The zero-order chi connectivity index (χ0) is 18.0. The van der Waals surface area contributed by atoms with Crippen molar-refractivity contribution in [1.29, 1.82) is 0 Å². The van der Waals surface area contributed by atoms with Gasteiger partial charge in [0.25, 0.3) is 0 Å². The van der Waals surface area contributed by atoms with Crippen molar-refractivity contribution in [3.63, 3.8) is 0 Å². The first-order chi connectivity index (χ1) is 12.0. The summed E-state index contributed by atoms with van der Waals surface area (Å²) in [5.41, 5.74) is 2.82. The van der Waals surface area contributed by atoms with Crippen LogP contribution in [-0.2, 0) is 0 Å². The highest BCUT2D eigenvalue weighted by atomic mass is 79.9. The second-order valence-electron chi connectivity index (χ2n) is 5.25. The number of carbonyl (C=O) groups excluding carboxylic acids is 1. The first-order valence-corrected chi connectivity index (χ1v) is 9.20. The fourth-order valence-electron chi connectivity index (χ4n) is 2.30. The second kappa shape index (κ2) is 7.45. The summed E-state index contributed by atoms with van der Waals surface area (Å²) in [6, 6.07) is 7.10. The number of hydrogen-bond donors (Lipinski definition) is 1. The van der Waals surface area contributed by atoms with E-state index in [4.69, 9.17) is 9.47 Å². The number of halogens is 1. The number of benzene rings is 1. The standard InChI is InChI=1S/C17H16BrN3O3S/c1-9-12(18)7-13-16(19-9)21-17(20-13)25-8-14(22)11-6-10(23-2)4-5-15(11)24-3/h4-7H,8H2,1-3H3,(H,19,20,21). The zero-order valence-corrected chi connectivity index (χ0v) is 16.3. The van der Waals surface area contributed by atoms with Gasteiger partial charge in [0.15, 0.2) is 16.6 Å². The van der Waals surface area contributed by atoms with Gasteiger partial charge in [-0.15, -0.1) is 0 Å². The number of thioether (sulfide) groups is 1. The predicted octanol–water partition coefficient (Wildman–Crippen LogP) is 4.02. The number of Topliss-reactive ketones (excluding diaryl/α,β-unsaturated/α-hetero) is 1. The van der Waals surface area contributed by atoms with Gasteiger partial charge in [-0.05, 0) is 47.1 Å². The molecule has 130 valence electrons. The lowest BCUT2D eigenvalue weighted by atomic mass is 10.1. The van der Waals surface area contributed by atoms with Gasteiger partial charge in [-0.3, -0.25) is 4.79 Å². The number of aryl methyl sites for hydroxylation is 1. The highest BCUT2D eigenvalue weighted by Crippen LogP contribution is 2.27. The van der Waals surface area contributed by atoms with E-state index in [-0.39, 0.29) is 11.5 Å². The van der Waals surface area contributed by atoms with Gasteiger partial charge >= 0.3 is 0 Å². The number of ether oxygens (including phenoxy) is 2. The number of aromatic amines is 1. The van der Waals surface area contributed by atoms with Crippen LogP contribution in [0.15, 0.2) is 33.9 Å². The minimum atomic E-state index is -0.0634. The second-order valence-corrected chi connectivity index (χ2v) is 7.07. The molecule has 6 nitrogen and oxygen atoms in total. The van der Waals surface area contributed by atoms with Gasteiger partial charge in [0, 0.05) is 4.47 Å². The summed E-state index contributed by atoms with van der Waals surface area (Å²) < 4.78 is 11.4. The molecule has 0 atom stereocenters. The summed E-state index contributed by atoms with van der Waals surface area (Å²) >= 11 is 4.78. The van der Waals surface area contributed by atoms with E-state index < -0.39 is 0 Å². The Morgan fingerprint density at radius 2 is 2.04 bits per heavy atom. The molecule has 1 N–H and O–H groups in total. The van der Waals surface area contributed by atoms with E-state index in [1.165, 1.54) is 18.9 Å². The number of nitrogens with one attached hydrogen (secondary N) is 1. The maximum absolute atomic E-state index is 12.6. The van der Waals surface area contributed by atoms with Crippen molar-refractivity contribution >= 4 is 44.6 Å². The molecule has 0 unspecified atom stereocenters. The third-order valence-electron chi connectivity index (χ3n) is 3.63. The molecule has 2 aromatic heterocycles. The van der Waals surface area contributed by atoms with Gasteiger partial charge in [-0.2, -0.15) is 0 Å². The number of imidazole rings is 1. The molecule has 8 heteroatoms. The number of H-pyrrole nitrogens is 1. The molecule has 0 radical (unpaired) electrons. The molecule has 2 heterocycles. The van der Waals surface area contributed by atoms with Crippen LogP contribution in [0.3, 0.4) is 0 Å². The summed E-state index contributed by atoms with van der Waals surface area (Å²) in [6.07, 6.45) is 0. The van der Waals surface area contributed by atoms with Crippen molar-refractivity contribution in [2.45, 2.75) is 12.1 Å². The predicted molar refractivity (Wildman–Crippen MR) is 101 cm³/mol. The Hall–Kier alpha value is -2.06. The van der Waals surface area contributed by atoms with Crippen molar-refractivity contribution in [2.75, 3.05) is 20.0 Å². The zero-order valence-electron chi connectivity index (χ0n) is 13.9. The molecule has 0 spiro atoms. The highest BCUT2D eigenvalue weighted by Gasteiger charge is 2.15. The fraction of sp³-hybridized carbons (Fsp3) is 0.235. The Kier molecular flexibility index (Phi) is 5.29. The molecule has 0 aliphatic carbocycles. The largest absolute Gasteiger partial charge is 0.497 e. The van der Waals surface area contributed by atoms with Crippen LogP contribution in [0.5, 0.6) is 11.5 Å². The van der Waals surface area contributed by atoms with Crippen LogP contribution in [-0.4, -0.2) is 40.7 Å². The minimum absolute atomic E-state index is 0.0634. The van der Waals surface area contributed by atoms with Crippen LogP contribution in [0.2, 0.25) is 0 Å². The first-order valence-electron chi connectivity index (χ1n) is 7.42. The van der Waals surface area contributed by atoms with Crippen molar-refractivity contribution in [2.24, 2.45) is 0 Å². The fourth-order valence-corrected chi connectivity index (χ4v) is 3.37. The topological polar surface area (TPSA) is 77.1 Å². The SMILES string of the molecule is COc1ccc(OC)c(C(=O)CSc2nc3nc(C)c(Br)cc3[nH]2)c1. The van der Waals surface area contributed by atoms with Gasteiger partial charge in [0.05, 0.1) is 36.7 Å². The lowest BCUT2D eigenvalue weighted by Crippen LogP contribution is -2.05. The van der Waals surface area contributed by atoms with Crippen molar-refractivity contribution in [1.82, 2.24) is 15.0 Å². The Labute approximate surface area is 157 Å². The number of pyridine rings is 1. The molecule has 25 heavy (non-hydrogen) atoms. The highest BCUT2D eigenvalue weighted by molar-refractivity contribution is 9.10. The minimum Gasteiger partial charge on any atom is -0.497 e. The Morgan fingerprint density at radius 1 is 1.24 bits per heavy atom. The van der Waals surface area contributed by atoms with Crippen LogP contribution in [0.1, 0.15) is 16.1 Å². The van der Waals surface area contributed by atoms with Crippen LogP contribution in [0.4, 0.5) is 0 Å². The molecule has 0 amide bonds.